The van der Waals surface area contributed by atoms with Gasteiger partial charge in [0.25, 0.3) is 0 Å². The molecular formula is C12H26N2O. The fourth-order valence-electron chi connectivity index (χ4n) is 1.56. The van der Waals surface area contributed by atoms with E-state index in [0.29, 0.717) is 0 Å². The molecule has 0 aromatic rings. The quantitative estimate of drug-likeness (QED) is 0.735. The van der Waals surface area contributed by atoms with Crippen molar-refractivity contribution in [2.75, 3.05) is 7.05 Å². The first kappa shape index (κ1) is 14.4. The topological polar surface area (TPSA) is 46.3 Å². The van der Waals surface area contributed by atoms with Crippen LogP contribution in [0.2, 0.25) is 0 Å². The lowest BCUT2D eigenvalue weighted by atomic mass is 9.98. The minimum absolute atomic E-state index is 0.0744. The van der Waals surface area contributed by atoms with Crippen LogP contribution in [0.1, 0.15) is 47.0 Å². The Morgan fingerprint density at radius 2 is 1.87 bits per heavy atom. The Bertz CT molecular complexity index is 194. The van der Waals surface area contributed by atoms with Crippen LogP contribution in [0, 0.1) is 5.92 Å². The second-order valence-corrected chi connectivity index (χ2v) is 4.50. The number of carbonyl (C=O) groups excluding carboxylic acids is 1. The second-order valence-electron chi connectivity index (χ2n) is 4.50. The Kier molecular flexibility index (Phi) is 6.57. The van der Waals surface area contributed by atoms with Gasteiger partial charge in [-0.3, -0.25) is 4.79 Å². The van der Waals surface area contributed by atoms with Gasteiger partial charge >= 0.3 is 0 Å². The van der Waals surface area contributed by atoms with Crippen molar-refractivity contribution in [3.05, 3.63) is 0 Å². The number of hydrogen-bond donors (Lipinski definition) is 1. The van der Waals surface area contributed by atoms with Gasteiger partial charge in [-0.25, -0.2) is 0 Å². The Hall–Kier alpha value is -0.570. The van der Waals surface area contributed by atoms with Crippen LogP contribution in [0.3, 0.4) is 0 Å². The zero-order valence-corrected chi connectivity index (χ0v) is 10.8. The molecule has 90 valence electrons. The molecule has 3 heteroatoms. The highest BCUT2D eigenvalue weighted by molar-refractivity contribution is 5.81. The lowest BCUT2D eigenvalue weighted by molar-refractivity contribution is -0.134. The molecule has 0 aliphatic carbocycles. The Morgan fingerprint density at radius 1 is 1.33 bits per heavy atom. The predicted octanol–water partition coefficient (Wildman–Crippen LogP) is 2.01. The smallest absolute Gasteiger partial charge is 0.239 e. The van der Waals surface area contributed by atoms with Crippen LogP contribution >= 0.6 is 0 Å². The maximum absolute atomic E-state index is 12.0. The van der Waals surface area contributed by atoms with Gasteiger partial charge in [0, 0.05) is 13.1 Å². The van der Waals surface area contributed by atoms with Crippen molar-refractivity contribution < 1.29 is 4.79 Å². The van der Waals surface area contributed by atoms with Crippen molar-refractivity contribution in [3.8, 4) is 0 Å². The SMILES string of the molecule is CCCC(C)N(C)C(=O)[C@@H](N)C(C)CC. The molecule has 15 heavy (non-hydrogen) atoms. The monoisotopic (exact) mass is 214 g/mol. The van der Waals surface area contributed by atoms with Gasteiger partial charge in [-0.2, -0.15) is 0 Å². The summed E-state index contributed by atoms with van der Waals surface area (Å²) in [6, 6.07) is -0.0584. The standard InChI is InChI=1S/C12H26N2O/c1-6-8-10(4)14(5)12(15)11(13)9(3)7-2/h9-11H,6-8,13H2,1-5H3/t9?,10?,11-/m0/s1. The summed E-state index contributed by atoms with van der Waals surface area (Å²) in [5.41, 5.74) is 5.91. The molecule has 0 spiro atoms. The highest BCUT2D eigenvalue weighted by Crippen LogP contribution is 2.11. The summed E-state index contributed by atoms with van der Waals surface area (Å²) in [5.74, 6) is 0.332. The van der Waals surface area contributed by atoms with Gasteiger partial charge in [0.2, 0.25) is 5.91 Å². The number of carbonyl (C=O) groups is 1. The van der Waals surface area contributed by atoms with Crippen LogP contribution in [-0.2, 0) is 4.79 Å². The largest absolute Gasteiger partial charge is 0.342 e. The van der Waals surface area contributed by atoms with Crippen molar-refractivity contribution >= 4 is 5.91 Å². The molecule has 1 amide bonds. The van der Waals surface area contributed by atoms with E-state index in [-0.39, 0.29) is 23.9 Å². The number of hydrogen-bond acceptors (Lipinski definition) is 2. The van der Waals surface area contributed by atoms with Gasteiger partial charge < -0.3 is 10.6 Å². The molecule has 2 unspecified atom stereocenters. The molecule has 3 nitrogen and oxygen atoms in total. The molecule has 0 fully saturated rings. The van der Waals surface area contributed by atoms with Crippen molar-refractivity contribution in [1.29, 1.82) is 0 Å². The fraction of sp³-hybridized carbons (Fsp3) is 0.917. The molecule has 0 radical (unpaired) electrons. The third-order valence-electron chi connectivity index (χ3n) is 3.26. The highest BCUT2D eigenvalue weighted by atomic mass is 16.2. The lowest BCUT2D eigenvalue weighted by Crippen LogP contribution is -2.48. The third kappa shape index (κ3) is 4.20. The first-order valence-corrected chi connectivity index (χ1v) is 5.97. The van der Waals surface area contributed by atoms with Crippen LogP contribution in [0.15, 0.2) is 0 Å². The maximum atomic E-state index is 12.0. The minimum atomic E-state index is -0.348. The third-order valence-corrected chi connectivity index (χ3v) is 3.26. The number of nitrogens with two attached hydrogens (primary N) is 1. The molecule has 0 aliphatic rings. The van der Waals surface area contributed by atoms with Crippen LogP contribution < -0.4 is 5.73 Å². The van der Waals surface area contributed by atoms with Gasteiger partial charge in [0.15, 0.2) is 0 Å². The number of nitrogens with zero attached hydrogens (tertiary/aromatic N) is 1. The summed E-state index contributed by atoms with van der Waals surface area (Å²) < 4.78 is 0. The van der Waals surface area contributed by atoms with Gasteiger partial charge in [0.05, 0.1) is 6.04 Å². The Labute approximate surface area is 94.0 Å². The molecule has 0 heterocycles. The molecule has 0 saturated carbocycles. The van der Waals surface area contributed by atoms with Gasteiger partial charge in [-0.15, -0.1) is 0 Å². The van der Waals surface area contributed by atoms with E-state index < -0.39 is 0 Å². The van der Waals surface area contributed by atoms with Crippen LogP contribution in [-0.4, -0.2) is 29.9 Å². The second kappa shape index (κ2) is 6.83. The Balaban J connectivity index is 4.30. The van der Waals surface area contributed by atoms with Crippen molar-refractivity contribution in [2.24, 2.45) is 11.7 Å². The van der Waals surface area contributed by atoms with E-state index in [1.165, 1.54) is 0 Å². The zero-order chi connectivity index (χ0) is 12.0. The van der Waals surface area contributed by atoms with Crippen LogP contribution in [0.4, 0.5) is 0 Å². The van der Waals surface area contributed by atoms with Crippen molar-refractivity contribution in [1.82, 2.24) is 4.90 Å². The normalized spacial score (nSPS) is 16.9. The Morgan fingerprint density at radius 3 is 2.27 bits per heavy atom. The average Bonchev–Trinajstić information content (AvgIpc) is 2.25. The fourth-order valence-corrected chi connectivity index (χ4v) is 1.56. The highest BCUT2D eigenvalue weighted by Gasteiger charge is 2.24. The van der Waals surface area contributed by atoms with E-state index >= 15 is 0 Å². The van der Waals surface area contributed by atoms with E-state index in [9.17, 15) is 4.79 Å². The first-order chi connectivity index (χ1) is 6.95. The number of rotatable bonds is 6. The number of likely N-dealkylation sites (N-methyl/N-ethyl adjacent to an activating group) is 1. The molecule has 0 aromatic carbocycles. The van der Waals surface area contributed by atoms with Crippen LogP contribution in [0.5, 0.6) is 0 Å². The summed E-state index contributed by atoms with van der Waals surface area (Å²) in [4.78, 5) is 13.8. The van der Waals surface area contributed by atoms with Gasteiger partial charge in [0.1, 0.15) is 0 Å². The molecule has 0 rings (SSSR count). The summed E-state index contributed by atoms with van der Waals surface area (Å²) >= 11 is 0. The summed E-state index contributed by atoms with van der Waals surface area (Å²) in [6.07, 6.45) is 3.08. The van der Waals surface area contributed by atoms with Crippen LogP contribution in [0.25, 0.3) is 0 Å². The average molecular weight is 214 g/mol. The minimum Gasteiger partial charge on any atom is -0.342 e. The molecule has 0 bridgehead atoms. The maximum Gasteiger partial charge on any atom is 0.239 e. The predicted molar refractivity (Wildman–Crippen MR) is 64.6 cm³/mol. The van der Waals surface area contributed by atoms with Gasteiger partial charge in [-0.05, 0) is 19.3 Å². The molecule has 2 N–H and O–H groups in total. The van der Waals surface area contributed by atoms with Gasteiger partial charge in [-0.1, -0.05) is 33.6 Å². The van der Waals surface area contributed by atoms with E-state index in [4.69, 9.17) is 5.73 Å². The molecule has 0 aromatic heterocycles. The zero-order valence-electron chi connectivity index (χ0n) is 10.8. The van der Waals surface area contributed by atoms with Crippen molar-refractivity contribution in [3.63, 3.8) is 0 Å². The number of amides is 1. The lowest BCUT2D eigenvalue weighted by Gasteiger charge is -2.29. The van der Waals surface area contributed by atoms with E-state index in [1.807, 2.05) is 14.0 Å². The molecule has 0 aliphatic heterocycles. The van der Waals surface area contributed by atoms with E-state index in [0.717, 1.165) is 19.3 Å². The first-order valence-electron chi connectivity index (χ1n) is 5.97. The summed E-state index contributed by atoms with van der Waals surface area (Å²) in [7, 11) is 1.85. The molecular weight excluding hydrogens is 188 g/mol. The van der Waals surface area contributed by atoms with Crippen molar-refractivity contribution in [2.45, 2.75) is 59.0 Å². The summed E-state index contributed by atoms with van der Waals surface area (Å²) in [5, 5.41) is 0. The summed E-state index contributed by atoms with van der Waals surface area (Å²) in [6.45, 7) is 8.29. The molecule has 0 saturated heterocycles. The molecule has 3 atom stereocenters. The van der Waals surface area contributed by atoms with E-state index in [2.05, 4.69) is 20.8 Å². The van der Waals surface area contributed by atoms with E-state index in [1.54, 1.807) is 4.90 Å².